The van der Waals surface area contributed by atoms with Crippen molar-refractivity contribution in [2.75, 3.05) is 13.1 Å². The highest BCUT2D eigenvalue weighted by atomic mass is 16.4. The van der Waals surface area contributed by atoms with Gasteiger partial charge in [-0.3, -0.25) is 54.0 Å². The smallest absolute Gasteiger partial charge is 0.325 e. The van der Waals surface area contributed by atoms with E-state index in [2.05, 4.69) is 47.9 Å². The van der Waals surface area contributed by atoms with Crippen LogP contribution in [-0.2, 0) is 56.0 Å². The van der Waals surface area contributed by atoms with Crippen molar-refractivity contribution < 1.29 is 53.4 Å². The Kier molecular flexibility index (Phi) is 26.4. The summed E-state index contributed by atoms with van der Waals surface area (Å²) in [5, 5.41) is 57.5. The van der Waals surface area contributed by atoms with Crippen LogP contribution in [0.25, 0.3) is 0 Å². The van der Waals surface area contributed by atoms with Crippen molar-refractivity contribution in [1.82, 2.24) is 47.9 Å². The Morgan fingerprint density at radius 1 is 0.521 bits per heavy atom. The number of carbonyl (C=O) groups is 9. The number of hydrogen-bond donors (Lipinski definition) is 17. The van der Waals surface area contributed by atoms with Gasteiger partial charge in [-0.05, 0) is 63.0 Å². The van der Waals surface area contributed by atoms with Crippen LogP contribution in [-0.4, -0.2) is 143 Å². The summed E-state index contributed by atoms with van der Waals surface area (Å²) in [4.78, 5) is 120. The molecule has 8 amide bonds. The highest BCUT2D eigenvalue weighted by molar-refractivity contribution is 5.98. The van der Waals surface area contributed by atoms with Crippen LogP contribution in [0.15, 0.2) is 60.7 Å². The summed E-state index contributed by atoms with van der Waals surface area (Å²) in [5.74, 6) is -9.60. The minimum atomic E-state index is -1.73. The topological polar surface area (TPSA) is 454 Å². The number of aliphatic hydroxyl groups is 1. The van der Waals surface area contributed by atoms with Crippen molar-refractivity contribution in [1.29, 1.82) is 10.8 Å². The Labute approximate surface area is 423 Å². The molecular weight excluding hydrogens is 951 g/mol. The van der Waals surface area contributed by atoms with Gasteiger partial charge >= 0.3 is 5.97 Å². The molecule has 0 aliphatic heterocycles. The zero-order chi connectivity index (χ0) is 54.8. The summed E-state index contributed by atoms with van der Waals surface area (Å²) in [5.41, 5.74) is 23.7. The molecule has 0 aliphatic rings. The number of benzene rings is 2. The Balaban J connectivity index is 2.57. The van der Waals surface area contributed by atoms with Gasteiger partial charge in [0.15, 0.2) is 11.9 Å². The number of guanidine groups is 2. The van der Waals surface area contributed by atoms with Crippen LogP contribution in [0.1, 0.15) is 77.3 Å². The minimum Gasteiger partial charge on any atom is -0.480 e. The highest BCUT2D eigenvalue weighted by Crippen LogP contribution is 2.11. The van der Waals surface area contributed by atoms with Gasteiger partial charge < -0.3 is 81.0 Å². The number of nitrogens with two attached hydrogens (primary N) is 4. The molecule has 2 rings (SSSR count). The van der Waals surface area contributed by atoms with Crippen molar-refractivity contribution in [3.05, 3.63) is 71.8 Å². The molecule has 0 fully saturated rings. The van der Waals surface area contributed by atoms with E-state index in [-0.39, 0.29) is 63.5 Å². The second-order valence-electron chi connectivity index (χ2n) is 17.7. The van der Waals surface area contributed by atoms with E-state index in [1.54, 1.807) is 74.5 Å². The summed E-state index contributed by atoms with van der Waals surface area (Å²) in [6.07, 6.45) is -2.65. The van der Waals surface area contributed by atoms with Gasteiger partial charge in [0.1, 0.15) is 42.3 Å². The fourth-order valence-corrected chi connectivity index (χ4v) is 6.95. The second kappa shape index (κ2) is 31.5. The molecule has 0 saturated carbocycles. The molecule has 402 valence electrons. The molecule has 0 bridgehead atoms. The number of carboxylic acid groups (broad SMARTS) is 1. The number of amides is 8. The van der Waals surface area contributed by atoms with Gasteiger partial charge in [0.2, 0.25) is 47.3 Å². The number of aliphatic hydroxyl groups excluding tert-OH is 1. The normalized spacial score (nSPS) is 14.6. The van der Waals surface area contributed by atoms with E-state index in [0.29, 0.717) is 11.1 Å². The fraction of sp³-hybridized carbons (Fsp3) is 0.511. The van der Waals surface area contributed by atoms with Crippen LogP contribution >= 0.6 is 0 Å². The summed E-state index contributed by atoms with van der Waals surface area (Å²) >= 11 is 0. The molecule has 0 heterocycles. The summed E-state index contributed by atoms with van der Waals surface area (Å²) in [7, 11) is 0. The van der Waals surface area contributed by atoms with E-state index in [9.17, 15) is 53.4 Å². The molecule has 0 aromatic heterocycles. The van der Waals surface area contributed by atoms with Crippen molar-refractivity contribution in [2.45, 2.75) is 134 Å². The molecular formula is C47H73N15O11. The lowest BCUT2D eigenvalue weighted by Gasteiger charge is -2.28. The lowest BCUT2D eigenvalue weighted by atomic mass is 10.00. The number of hydrogen-bond acceptors (Lipinski definition) is 13. The standard InChI is InChI=1S/C47H73N15O11/c1-25(2)36(49)43(70)61-34(24-29-15-9-6-10-16-29)42(69)60-33(23-28-13-7-5-8-14-28)41(68)58-31(18-12-22-55-47(52)53)38(65)57-30(17-11-21-54-46(50)51)39(66)59-32(19-20-35(48)64)40(67)62-37(27(4)63)44(71)56-26(3)45(72)73/h5-10,13-16,25-27,30-34,36-37,63H,11-12,17-24,49H2,1-4H3,(H2,48,64)(H,56,71)(H,57,65)(H,58,68)(H,59,66)(H,60,69)(H,61,70)(H,62,67)(H,72,73)(H4,50,51,54)(H4,52,53,55). The predicted molar refractivity (Wildman–Crippen MR) is 268 cm³/mol. The molecule has 26 nitrogen and oxygen atoms in total. The molecule has 9 unspecified atom stereocenters. The number of carbonyl (C=O) groups excluding carboxylic acids is 8. The highest BCUT2D eigenvalue weighted by Gasteiger charge is 2.35. The monoisotopic (exact) mass is 1020 g/mol. The first-order chi connectivity index (χ1) is 34.4. The third kappa shape index (κ3) is 23.3. The van der Waals surface area contributed by atoms with E-state index in [1.807, 2.05) is 0 Å². The summed E-state index contributed by atoms with van der Waals surface area (Å²) in [6.45, 7) is 5.88. The number of rotatable bonds is 32. The van der Waals surface area contributed by atoms with E-state index in [0.717, 1.165) is 13.8 Å². The zero-order valence-electron chi connectivity index (χ0n) is 41.5. The van der Waals surface area contributed by atoms with E-state index < -0.39 is 126 Å². The van der Waals surface area contributed by atoms with Gasteiger partial charge in [-0.2, -0.15) is 0 Å². The van der Waals surface area contributed by atoms with Gasteiger partial charge in [0, 0.05) is 32.4 Å². The molecule has 0 aliphatic carbocycles. The van der Waals surface area contributed by atoms with E-state index in [1.165, 1.54) is 0 Å². The second-order valence-corrected chi connectivity index (χ2v) is 17.7. The molecule has 0 spiro atoms. The third-order valence-corrected chi connectivity index (χ3v) is 11.2. The molecule has 2 aromatic rings. The van der Waals surface area contributed by atoms with E-state index >= 15 is 0 Å². The van der Waals surface area contributed by atoms with Crippen LogP contribution in [0.5, 0.6) is 0 Å². The van der Waals surface area contributed by atoms with Crippen molar-refractivity contribution in [2.24, 2.45) is 28.9 Å². The molecule has 21 N–H and O–H groups in total. The van der Waals surface area contributed by atoms with Crippen molar-refractivity contribution >= 4 is 65.1 Å². The van der Waals surface area contributed by atoms with Crippen LogP contribution in [0.2, 0.25) is 0 Å². The fourth-order valence-electron chi connectivity index (χ4n) is 6.95. The quantitative estimate of drug-likeness (QED) is 0.0189. The van der Waals surface area contributed by atoms with Crippen LogP contribution in [0.3, 0.4) is 0 Å². The Bertz CT molecular complexity index is 2200. The Hall–Kier alpha value is -7.87. The van der Waals surface area contributed by atoms with Crippen LogP contribution in [0, 0.1) is 16.7 Å². The lowest BCUT2D eigenvalue weighted by Crippen LogP contribution is -2.61. The van der Waals surface area contributed by atoms with Gasteiger partial charge in [0.25, 0.3) is 0 Å². The Morgan fingerprint density at radius 3 is 1.26 bits per heavy atom. The Morgan fingerprint density at radius 2 is 0.890 bits per heavy atom. The third-order valence-electron chi connectivity index (χ3n) is 11.2. The first-order valence-electron chi connectivity index (χ1n) is 23.7. The van der Waals surface area contributed by atoms with Crippen LogP contribution < -0.4 is 70.8 Å². The van der Waals surface area contributed by atoms with Crippen molar-refractivity contribution in [3.63, 3.8) is 0 Å². The molecule has 0 radical (unpaired) electrons. The van der Waals surface area contributed by atoms with Crippen LogP contribution in [0.4, 0.5) is 0 Å². The van der Waals surface area contributed by atoms with Crippen molar-refractivity contribution in [3.8, 4) is 0 Å². The predicted octanol–water partition coefficient (Wildman–Crippen LogP) is -3.87. The maximum absolute atomic E-state index is 14.5. The van der Waals surface area contributed by atoms with Gasteiger partial charge in [0.05, 0.1) is 12.1 Å². The maximum Gasteiger partial charge on any atom is 0.325 e. The molecule has 73 heavy (non-hydrogen) atoms. The number of primary amides is 1. The minimum absolute atomic E-state index is 0.0239. The van der Waals surface area contributed by atoms with Gasteiger partial charge in [-0.15, -0.1) is 0 Å². The first-order valence-corrected chi connectivity index (χ1v) is 23.7. The van der Waals surface area contributed by atoms with Gasteiger partial charge in [-0.25, -0.2) is 0 Å². The molecule has 9 atom stereocenters. The molecule has 26 heteroatoms. The maximum atomic E-state index is 14.5. The largest absolute Gasteiger partial charge is 0.480 e. The zero-order valence-corrected chi connectivity index (χ0v) is 41.5. The lowest BCUT2D eigenvalue weighted by molar-refractivity contribution is -0.142. The molecule has 0 saturated heterocycles. The molecule has 2 aromatic carbocycles. The summed E-state index contributed by atoms with van der Waals surface area (Å²) < 4.78 is 0. The van der Waals surface area contributed by atoms with Gasteiger partial charge in [-0.1, -0.05) is 74.5 Å². The first kappa shape index (κ1) is 61.3. The van der Waals surface area contributed by atoms with E-state index in [4.69, 9.17) is 33.8 Å². The summed E-state index contributed by atoms with van der Waals surface area (Å²) in [6, 6.07) is 6.19. The number of carboxylic acids is 1. The average molecular weight is 1020 g/mol. The number of nitrogens with one attached hydrogen (secondary N) is 11. The SMILES string of the molecule is CC(NC(=O)C(NC(=O)C(CCC(N)=O)NC(=O)C(CCCNC(=N)N)NC(=O)C(CCCNC(=N)N)NC(=O)C(Cc1ccccc1)NC(=O)C(Cc1ccccc1)NC(=O)C(N)C(C)C)C(C)O)C(=O)O. The average Bonchev–Trinajstić information content (AvgIpc) is 3.32. The number of aliphatic carboxylic acids is 1.